The van der Waals surface area contributed by atoms with Crippen LogP contribution in [0.25, 0.3) is 0 Å². The van der Waals surface area contributed by atoms with Crippen molar-refractivity contribution in [3.8, 4) is 0 Å². The number of hydrogen-bond acceptors (Lipinski definition) is 1. The molecule has 0 aliphatic carbocycles. The quantitative estimate of drug-likeness (QED) is 0.284. The average Bonchev–Trinajstić information content (AvgIpc) is 2.65. The molecule has 0 fully saturated rings. The fraction of sp³-hybridized carbons (Fsp3) is 0.750. The van der Waals surface area contributed by atoms with Gasteiger partial charge < -0.3 is 5.32 Å². The van der Waals surface area contributed by atoms with Gasteiger partial charge >= 0.3 is 0 Å². The standard InChI is InChI=1S/C24H43N/c1-3-4-5-6-7-8-9-10-11-12-13-14-15-19-22-25-23(2)24-20-17-16-18-21-24/h16-18,20-21,23,25H,3-15,19,22H2,1-2H3. The van der Waals surface area contributed by atoms with Crippen molar-refractivity contribution in [1.82, 2.24) is 5.32 Å². The summed E-state index contributed by atoms with van der Waals surface area (Å²) in [6.07, 6.45) is 20.0. The summed E-state index contributed by atoms with van der Waals surface area (Å²) in [6.45, 7) is 5.70. The third kappa shape index (κ3) is 13.1. The van der Waals surface area contributed by atoms with Gasteiger partial charge in [-0.2, -0.15) is 0 Å². The zero-order chi connectivity index (χ0) is 18.0. The van der Waals surface area contributed by atoms with Crippen molar-refractivity contribution in [2.24, 2.45) is 0 Å². The molecular formula is C24H43N. The van der Waals surface area contributed by atoms with Gasteiger partial charge in [0.25, 0.3) is 0 Å². The molecule has 0 aromatic heterocycles. The van der Waals surface area contributed by atoms with E-state index in [0.29, 0.717) is 6.04 Å². The van der Waals surface area contributed by atoms with E-state index >= 15 is 0 Å². The van der Waals surface area contributed by atoms with Crippen molar-refractivity contribution in [3.05, 3.63) is 35.9 Å². The summed E-state index contributed by atoms with van der Waals surface area (Å²) < 4.78 is 0. The average molecular weight is 346 g/mol. The number of rotatable bonds is 17. The van der Waals surface area contributed by atoms with Crippen LogP contribution in [-0.4, -0.2) is 6.54 Å². The van der Waals surface area contributed by atoms with Gasteiger partial charge in [0.05, 0.1) is 0 Å². The predicted octanol–water partition coefficient (Wildman–Crippen LogP) is 7.82. The van der Waals surface area contributed by atoms with Crippen LogP contribution in [0.1, 0.15) is 115 Å². The second-order valence-electron chi connectivity index (χ2n) is 7.68. The van der Waals surface area contributed by atoms with Crippen LogP contribution < -0.4 is 5.32 Å². The second-order valence-corrected chi connectivity index (χ2v) is 7.68. The highest BCUT2D eigenvalue weighted by Crippen LogP contribution is 2.14. The van der Waals surface area contributed by atoms with E-state index in [-0.39, 0.29) is 0 Å². The summed E-state index contributed by atoms with van der Waals surface area (Å²) in [5.74, 6) is 0. The van der Waals surface area contributed by atoms with Gasteiger partial charge in [-0.1, -0.05) is 121 Å². The molecule has 1 rings (SSSR count). The van der Waals surface area contributed by atoms with Crippen LogP contribution in [0.5, 0.6) is 0 Å². The molecule has 0 saturated carbocycles. The molecule has 1 atom stereocenters. The van der Waals surface area contributed by atoms with E-state index in [9.17, 15) is 0 Å². The second kappa shape index (κ2) is 16.6. The number of nitrogens with one attached hydrogen (secondary N) is 1. The molecule has 0 bridgehead atoms. The first-order valence-electron chi connectivity index (χ1n) is 11.1. The maximum absolute atomic E-state index is 3.64. The van der Waals surface area contributed by atoms with Gasteiger partial charge in [-0.05, 0) is 25.5 Å². The van der Waals surface area contributed by atoms with E-state index in [1.807, 2.05) is 0 Å². The molecule has 25 heavy (non-hydrogen) atoms. The van der Waals surface area contributed by atoms with Crippen LogP contribution in [0.4, 0.5) is 0 Å². The molecule has 1 N–H and O–H groups in total. The van der Waals surface area contributed by atoms with Gasteiger partial charge in [0.15, 0.2) is 0 Å². The van der Waals surface area contributed by atoms with E-state index in [1.165, 1.54) is 95.5 Å². The third-order valence-corrected chi connectivity index (χ3v) is 5.28. The van der Waals surface area contributed by atoms with E-state index < -0.39 is 0 Å². The smallest absolute Gasteiger partial charge is 0.0291 e. The van der Waals surface area contributed by atoms with Crippen LogP contribution >= 0.6 is 0 Å². The zero-order valence-corrected chi connectivity index (χ0v) is 17.1. The van der Waals surface area contributed by atoms with Crippen LogP contribution in [0.2, 0.25) is 0 Å². The summed E-state index contributed by atoms with van der Waals surface area (Å²) in [5.41, 5.74) is 1.40. The molecule has 0 spiro atoms. The van der Waals surface area contributed by atoms with Crippen LogP contribution in [0, 0.1) is 0 Å². The Bertz CT molecular complexity index is 373. The SMILES string of the molecule is CCCCCCCCCCCCCCCCNC(C)c1ccccc1. The van der Waals surface area contributed by atoms with E-state index in [4.69, 9.17) is 0 Å². The Labute approximate surface area is 158 Å². The van der Waals surface area contributed by atoms with Gasteiger partial charge in [0.2, 0.25) is 0 Å². The van der Waals surface area contributed by atoms with Crippen molar-refractivity contribution in [2.75, 3.05) is 6.54 Å². The number of benzene rings is 1. The van der Waals surface area contributed by atoms with Gasteiger partial charge in [-0.15, -0.1) is 0 Å². The molecule has 0 saturated heterocycles. The highest BCUT2D eigenvalue weighted by Gasteiger charge is 2.02. The van der Waals surface area contributed by atoms with Crippen molar-refractivity contribution in [1.29, 1.82) is 0 Å². The zero-order valence-electron chi connectivity index (χ0n) is 17.1. The van der Waals surface area contributed by atoms with Crippen molar-refractivity contribution >= 4 is 0 Å². The minimum absolute atomic E-state index is 0.475. The maximum atomic E-state index is 3.64. The molecule has 1 heteroatoms. The molecule has 1 aromatic rings. The third-order valence-electron chi connectivity index (χ3n) is 5.28. The summed E-state index contributed by atoms with van der Waals surface area (Å²) in [6, 6.07) is 11.2. The molecule has 0 aliphatic rings. The summed E-state index contributed by atoms with van der Waals surface area (Å²) >= 11 is 0. The topological polar surface area (TPSA) is 12.0 Å². The molecule has 144 valence electrons. The van der Waals surface area contributed by atoms with E-state index in [1.54, 1.807) is 0 Å². The number of unbranched alkanes of at least 4 members (excludes halogenated alkanes) is 13. The van der Waals surface area contributed by atoms with Gasteiger partial charge in [-0.25, -0.2) is 0 Å². The first kappa shape index (κ1) is 22.2. The fourth-order valence-electron chi connectivity index (χ4n) is 3.50. The molecule has 0 aliphatic heterocycles. The lowest BCUT2D eigenvalue weighted by atomic mass is 10.0. The maximum Gasteiger partial charge on any atom is 0.0291 e. The van der Waals surface area contributed by atoms with Gasteiger partial charge in [0.1, 0.15) is 0 Å². The molecule has 1 nitrogen and oxygen atoms in total. The lowest BCUT2D eigenvalue weighted by Crippen LogP contribution is -2.19. The van der Waals surface area contributed by atoms with Crippen molar-refractivity contribution in [2.45, 2.75) is 110 Å². The lowest BCUT2D eigenvalue weighted by Gasteiger charge is -2.13. The summed E-state index contributed by atoms with van der Waals surface area (Å²) in [4.78, 5) is 0. The molecule has 0 heterocycles. The van der Waals surface area contributed by atoms with Crippen LogP contribution in [-0.2, 0) is 0 Å². The summed E-state index contributed by atoms with van der Waals surface area (Å²) in [5, 5.41) is 3.64. The molecule has 1 unspecified atom stereocenters. The monoisotopic (exact) mass is 345 g/mol. The van der Waals surface area contributed by atoms with Crippen LogP contribution in [0.15, 0.2) is 30.3 Å². The van der Waals surface area contributed by atoms with Gasteiger partial charge in [-0.3, -0.25) is 0 Å². The predicted molar refractivity (Wildman–Crippen MR) is 113 cm³/mol. The Hall–Kier alpha value is -0.820. The Morgan fingerprint density at radius 3 is 1.56 bits per heavy atom. The first-order chi connectivity index (χ1) is 12.3. The molecule has 0 radical (unpaired) electrons. The van der Waals surface area contributed by atoms with Crippen molar-refractivity contribution in [3.63, 3.8) is 0 Å². The highest BCUT2D eigenvalue weighted by molar-refractivity contribution is 5.17. The Morgan fingerprint density at radius 1 is 0.640 bits per heavy atom. The number of hydrogen-bond donors (Lipinski definition) is 1. The molecular weight excluding hydrogens is 302 g/mol. The Balaban J connectivity index is 1.77. The molecule has 1 aromatic carbocycles. The van der Waals surface area contributed by atoms with Crippen molar-refractivity contribution < 1.29 is 0 Å². The fourth-order valence-corrected chi connectivity index (χ4v) is 3.50. The summed E-state index contributed by atoms with van der Waals surface area (Å²) in [7, 11) is 0. The lowest BCUT2D eigenvalue weighted by molar-refractivity contribution is 0.513. The first-order valence-corrected chi connectivity index (χ1v) is 11.1. The minimum atomic E-state index is 0.475. The highest BCUT2D eigenvalue weighted by atomic mass is 14.9. The van der Waals surface area contributed by atoms with E-state index in [2.05, 4.69) is 49.5 Å². The largest absolute Gasteiger partial charge is 0.310 e. The van der Waals surface area contributed by atoms with Crippen LogP contribution in [0.3, 0.4) is 0 Å². The molecule has 0 amide bonds. The van der Waals surface area contributed by atoms with Gasteiger partial charge in [0, 0.05) is 6.04 Å². The normalized spacial score (nSPS) is 12.4. The minimum Gasteiger partial charge on any atom is -0.310 e. The Kier molecular flexibility index (Phi) is 14.8. The Morgan fingerprint density at radius 2 is 1.08 bits per heavy atom. The van der Waals surface area contributed by atoms with E-state index in [0.717, 1.165) is 6.54 Å².